The predicted octanol–water partition coefficient (Wildman–Crippen LogP) is 2.77. The Labute approximate surface area is 171 Å². The third-order valence-electron chi connectivity index (χ3n) is 6.09. The fourth-order valence-electron chi connectivity index (χ4n) is 4.28. The topological polar surface area (TPSA) is 76.6 Å². The third-order valence-corrected chi connectivity index (χ3v) is 6.09. The number of benzene rings is 1. The minimum atomic E-state index is -0.269. The fourth-order valence-corrected chi connectivity index (χ4v) is 4.28. The Morgan fingerprint density at radius 2 is 1.93 bits per heavy atom. The van der Waals surface area contributed by atoms with Crippen LogP contribution >= 0.6 is 0 Å². The van der Waals surface area contributed by atoms with Crippen LogP contribution in [0.25, 0.3) is 0 Å². The number of nitrogens with one attached hydrogen (secondary N) is 1. The number of ether oxygens (including phenoxy) is 2. The van der Waals surface area contributed by atoms with Gasteiger partial charge in [-0.25, -0.2) is 9.97 Å². The van der Waals surface area contributed by atoms with Gasteiger partial charge in [0.05, 0.1) is 19.8 Å². The summed E-state index contributed by atoms with van der Waals surface area (Å²) >= 11 is 0. The summed E-state index contributed by atoms with van der Waals surface area (Å²) in [7, 11) is 3.16. The maximum absolute atomic E-state index is 12.9. The number of hydrogen-bond acceptors (Lipinski definition) is 6. The summed E-state index contributed by atoms with van der Waals surface area (Å²) in [5.74, 6) is 2.14. The lowest BCUT2D eigenvalue weighted by Crippen LogP contribution is -2.53. The number of anilines is 1. The Morgan fingerprint density at radius 1 is 1.14 bits per heavy atom. The van der Waals surface area contributed by atoms with Crippen molar-refractivity contribution in [2.24, 2.45) is 0 Å². The Balaban J connectivity index is 1.44. The number of methoxy groups -OCH3 is 2. The van der Waals surface area contributed by atoms with Crippen molar-refractivity contribution >= 4 is 11.7 Å². The van der Waals surface area contributed by atoms with Crippen molar-refractivity contribution in [1.29, 1.82) is 0 Å². The predicted molar refractivity (Wildman–Crippen MR) is 111 cm³/mol. The molecule has 1 amide bonds. The number of aryl methyl sites for hydroxylation is 1. The van der Waals surface area contributed by atoms with Crippen molar-refractivity contribution in [2.75, 3.05) is 32.2 Å². The number of piperidine rings is 1. The van der Waals surface area contributed by atoms with Gasteiger partial charge in [0.1, 0.15) is 23.6 Å². The second-order valence-electron chi connectivity index (χ2n) is 8.04. The molecule has 1 aromatic heterocycles. The number of carbonyl (C=O) groups is 1. The van der Waals surface area contributed by atoms with Crippen LogP contribution in [-0.2, 0) is 12.8 Å². The molecule has 2 aromatic rings. The fraction of sp³-hybridized carbons (Fsp3) is 0.500. The molecular weight excluding hydrogens is 368 g/mol. The molecule has 0 atom stereocenters. The van der Waals surface area contributed by atoms with Gasteiger partial charge in [-0.3, -0.25) is 4.79 Å². The van der Waals surface area contributed by atoms with E-state index in [2.05, 4.69) is 27.1 Å². The molecule has 0 radical (unpaired) electrons. The van der Waals surface area contributed by atoms with Crippen LogP contribution in [-0.4, -0.2) is 48.7 Å². The van der Waals surface area contributed by atoms with Crippen LogP contribution in [0, 0.1) is 0 Å². The maximum Gasteiger partial charge on any atom is 0.255 e. The molecule has 0 bridgehead atoms. The number of fused-ring (bicyclic) bond motifs is 1. The number of hydrogen-bond donors (Lipinski definition) is 1. The van der Waals surface area contributed by atoms with Gasteiger partial charge in [-0.2, -0.15) is 0 Å². The molecule has 0 unspecified atom stereocenters. The molecule has 7 heteroatoms. The third kappa shape index (κ3) is 3.86. The average molecular weight is 396 g/mol. The van der Waals surface area contributed by atoms with Crippen LogP contribution in [0.5, 0.6) is 11.5 Å². The molecule has 1 aliphatic carbocycles. The molecule has 1 fully saturated rings. The first-order valence-corrected chi connectivity index (χ1v) is 10.2. The monoisotopic (exact) mass is 396 g/mol. The number of carbonyl (C=O) groups excluding carboxylic acids is 1. The number of rotatable bonds is 5. The minimum Gasteiger partial charge on any atom is -0.497 e. The molecule has 0 spiro atoms. The normalized spacial score (nSPS) is 17.6. The summed E-state index contributed by atoms with van der Waals surface area (Å²) in [6.07, 6.45) is 6.67. The van der Waals surface area contributed by atoms with Crippen LogP contribution in [0.15, 0.2) is 24.5 Å². The lowest BCUT2D eigenvalue weighted by Gasteiger charge is -2.41. The summed E-state index contributed by atoms with van der Waals surface area (Å²) < 4.78 is 10.6. The zero-order chi connectivity index (χ0) is 20.4. The first-order chi connectivity index (χ1) is 14.0. The van der Waals surface area contributed by atoms with Crippen LogP contribution in [0.1, 0.15) is 47.8 Å². The SMILES string of the molecule is COc1ccc(C(=O)NC2(C)CCN(c3ncnc4c3CCC4)CC2)c(OC)c1. The van der Waals surface area contributed by atoms with Gasteiger partial charge in [-0.05, 0) is 51.2 Å². The van der Waals surface area contributed by atoms with Crippen molar-refractivity contribution in [1.82, 2.24) is 15.3 Å². The summed E-state index contributed by atoms with van der Waals surface area (Å²) in [4.78, 5) is 24.3. The maximum atomic E-state index is 12.9. The van der Waals surface area contributed by atoms with Gasteiger partial charge in [-0.15, -0.1) is 0 Å². The molecule has 1 aliphatic heterocycles. The van der Waals surface area contributed by atoms with Crippen LogP contribution in [0.2, 0.25) is 0 Å². The van der Waals surface area contributed by atoms with E-state index in [0.29, 0.717) is 17.1 Å². The van der Waals surface area contributed by atoms with E-state index in [9.17, 15) is 4.79 Å². The van der Waals surface area contributed by atoms with E-state index in [1.54, 1.807) is 38.7 Å². The average Bonchev–Trinajstić information content (AvgIpc) is 3.22. The van der Waals surface area contributed by atoms with E-state index in [1.165, 1.54) is 11.3 Å². The van der Waals surface area contributed by atoms with E-state index in [0.717, 1.165) is 51.0 Å². The van der Waals surface area contributed by atoms with Crippen molar-refractivity contribution in [3.63, 3.8) is 0 Å². The summed E-state index contributed by atoms with van der Waals surface area (Å²) in [6.45, 7) is 3.84. The Morgan fingerprint density at radius 3 is 2.66 bits per heavy atom. The quantitative estimate of drug-likeness (QED) is 0.838. The molecule has 154 valence electrons. The minimum absolute atomic E-state index is 0.122. The van der Waals surface area contributed by atoms with Gasteiger partial charge in [0, 0.05) is 36.0 Å². The molecule has 2 aliphatic rings. The van der Waals surface area contributed by atoms with Crippen LogP contribution in [0.3, 0.4) is 0 Å². The van der Waals surface area contributed by atoms with Crippen molar-refractivity contribution in [2.45, 2.75) is 44.6 Å². The van der Waals surface area contributed by atoms with Gasteiger partial charge >= 0.3 is 0 Å². The van der Waals surface area contributed by atoms with Crippen molar-refractivity contribution < 1.29 is 14.3 Å². The van der Waals surface area contributed by atoms with Gasteiger partial charge in [0.2, 0.25) is 0 Å². The Kier molecular flexibility index (Phi) is 5.30. The molecular formula is C22H28N4O3. The lowest BCUT2D eigenvalue weighted by molar-refractivity contribution is 0.0888. The second kappa shape index (κ2) is 7.89. The lowest BCUT2D eigenvalue weighted by atomic mass is 9.89. The van der Waals surface area contributed by atoms with Gasteiger partial charge in [0.25, 0.3) is 5.91 Å². The van der Waals surface area contributed by atoms with Gasteiger partial charge in [-0.1, -0.05) is 0 Å². The van der Waals surface area contributed by atoms with E-state index >= 15 is 0 Å². The molecule has 1 N–H and O–H groups in total. The molecule has 29 heavy (non-hydrogen) atoms. The highest BCUT2D eigenvalue weighted by Gasteiger charge is 2.34. The van der Waals surface area contributed by atoms with E-state index < -0.39 is 0 Å². The first kappa shape index (κ1) is 19.5. The Bertz CT molecular complexity index is 907. The van der Waals surface area contributed by atoms with Gasteiger partial charge < -0.3 is 19.7 Å². The second-order valence-corrected chi connectivity index (χ2v) is 8.04. The zero-order valence-corrected chi connectivity index (χ0v) is 17.3. The Hall–Kier alpha value is -2.83. The molecule has 1 aromatic carbocycles. The highest BCUT2D eigenvalue weighted by molar-refractivity contribution is 5.97. The summed E-state index contributed by atoms with van der Waals surface area (Å²) in [6, 6.07) is 5.25. The molecule has 2 heterocycles. The van der Waals surface area contributed by atoms with Crippen molar-refractivity contribution in [3.05, 3.63) is 41.3 Å². The summed E-state index contributed by atoms with van der Waals surface area (Å²) in [5, 5.41) is 3.23. The highest BCUT2D eigenvalue weighted by atomic mass is 16.5. The zero-order valence-electron chi connectivity index (χ0n) is 17.3. The number of aromatic nitrogens is 2. The molecule has 1 saturated heterocycles. The first-order valence-electron chi connectivity index (χ1n) is 10.2. The van der Waals surface area contributed by atoms with Crippen LogP contribution in [0.4, 0.5) is 5.82 Å². The standard InChI is InChI=1S/C22H28N4O3/c1-22(25-21(27)17-8-7-15(28-2)13-19(17)29-3)9-11-26(12-10-22)20-16-5-4-6-18(16)23-14-24-20/h7-8,13-14H,4-6,9-12H2,1-3H3,(H,25,27). The smallest absolute Gasteiger partial charge is 0.255 e. The highest BCUT2D eigenvalue weighted by Crippen LogP contribution is 2.32. The van der Waals surface area contributed by atoms with E-state index in [-0.39, 0.29) is 11.4 Å². The van der Waals surface area contributed by atoms with Gasteiger partial charge in [0.15, 0.2) is 0 Å². The number of nitrogens with zero attached hydrogens (tertiary/aromatic N) is 3. The van der Waals surface area contributed by atoms with E-state index in [1.807, 2.05) is 0 Å². The van der Waals surface area contributed by atoms with E-state index in [4.69, 9.17) is 9.47 Å². The molecule has 0 saturated carbocycles. The summed E-state index contributed by atoms with van der Waals surface area (Å²) in [5.41, 5.74) is 2.76. The number of amides is 1. The molecule has 7 nitrogen and oxygen atoms in total. The molecule has 4 rings (SSSR count). The van der Waals surface area contributed by atoms with Crippen molar-refractivity contribution in [3.8, 4) is 11.5 Å². The van der Waals surface area contributed by atoms with Crippen LogP contribution < -0.4 is 19.7 Å². The largest absolute Gasteiger partial charge is 0.497 e.